The molecule has 0 aliphatic heterocycles. The van der Waals surface area contributed by atoms with Crippen LogP contribution in [0.15, 0.2) is 59.5 Å². The number of aromatic nitrogens is 6. The molecule has 2 aromatic carbocycles. The van der Waals surface area contributed by atoms with Crippen molar-refractivity contribution in [3.8, 4) is 22.5 Å². The first-order valence-electron chi connectivity index (χ1n) is 11.9. The Hall–Kier alpha value is -3.81. The van der Waals surface area contributed by atoms with Gasteiger partial charge in [0.15, 0.2) is 0 Å². The first kappa shape index (κ1) is 23.4. The second-order valence-corrected chi connectivity index (χ2v) is 8.40. The molecule has 0 radical (unpaired) electrons. The van der Waals surface area contributed by atoms with Gasteiger partial charge in [-0.05, 0) is 40.8 Å². The van der Waals surface area contributed by atoms with Crippen molar-refractivity contribution in [1.29, 1.82) is 0 Å². The minimum absolute atomic E-state index is 0.189. The van der Waals surface area contributed by atoms with Gasteiger partial charge in [-0.2, -0.15) is 5.21 Å². The van der Waals surface area contributed by atoms with E-state index in [0.717, 1.165) is 60.1 Å². The predicted molar refractivity (Wildman–Crippen MR) is 132 cm³/mol. The van der Waals surface area contributed by atoms with Crippen LogP contribution in [-0.4, -0.2) is 35.7 Å². The number of benzene rings is 2. The van der Waals surface area contributed by atoms with Crippen molar-refractivity contribution >= 4 is 5.91 Å². The molecule has 0 unspecified atom stereocenters. The zero-order valence-corrected chi connectivity index (χ0v) is 19.7. The van der Waals surface area contributed by atoms with E-state index in [0.29, 0.717) is 12.4 Å². The molecule has 8 heteroatoms. The summed E-state index contributed by atoms with van der Waals surface area (Å²) in [6, 6.07) is 16.1. The number of hydrogen-bond donors (Lipinski definition) is 1. The lowest BCUT2D eigenvalue weighted by Gasteiger charge is -2.12. The summed E-state index contributed by atoms with van der Waals surface area (Å²) in [5.41, 5.74) is 4.39. The number of tetrazole rings is 1. The molecule has 2 heterocycles. The molecule has 0 saturated carbocycles. The molecule has 0 bridgehead atoms. The number of carbonyl (C=O) groups is 1. The number of H-pyrrole nitrogens is 1. The number of imidazole rings is 1. The van der Waals surface area contributed by atoms with Crippen LogP contribution >= 0.6 is 0 Å². The number of rotatable bonds is 10. The molecule has 0 spiro atoms. The fourth-order valence-electron chi connectivity index (χ4n) is 4.18. The molecule has 8 nitrogen and oxygen atoms in total. The normalized spacial score (nSPS) is 11.1. The van der Waals surface area contributed by atoms with Gasteiger partial charge in [-0.15, -0.1) is 10.2 Å². The highest BCUT2D eigenvalue weighted by Crippen LogP contribution is 2.31. The Labute approximate surface area is 198 Å². The molecular weight excluding hydrogens is 428 g/mol. The first-order chi connectivity index (χ1) is 16.6. The Morgan fingerprint density at radius 2 is 1.82 bits per heavy atom. The number of hydrogen-bond acceptors (Lipinski definition) is 5. The minimum atomic E-state index is -0.286. The maximum Gasteiger partial charge on any atom is 0.335 e. The fraction of sp³-hybridized carbons (Fsp3) is 0.346. The highest BCUT2D eigenvalue weighted by molar-refractivity contribution is 5.81. The maximum absolute atomic E-state index is 13.2. The Morgan fingerprint density at radius 1 is 1.00 bits per heavy atom. The summed E-state index contributed by atoms with van der Waals surface area (Å²) in [6.07, 6.45) is 7.16. The van der Waals surface area contributed by atoms with Crippen LogP contribution < -0.4 is 5.69 Å². The third kappa shape index (κ3) is 5.06. The Bertz CT molecular complexity index is 1290. The average Bonchev–Trinajstić information content (AvgIpc) is 3.51. The van der Waals surface area contributed by atoms with E-state index in [1.54, 1.807) is 17.7 Å². The van der Waals surface area contributed by atoms with Gasteiger partial charge in [-0.25, -0.2) is 9.36 Å². The zero-order chi connectivity index (χ0) is 23.9. The summed E-state index contributed by atoms with van der Waals surface area (Å²) in [4.78, 5) is 25.5. The number of nitrogens with zero attached hydrogens (tertiary/aromatic N) is 5. The van der Waals surface area contributed by atoms with Gasteiger partial charge in [-0.3, -0.25) is 9.36 Å². The Morgan fingerprint density at radius 3 is 2.53 bits per heavy atom. The number of unbranched alkanes of at least 4 members (excludes halogenated alkanes) is 3. The number of aromatic amines is 1. The van der Waals surface area contributed by atoms with Crippen molar-refractivity contribution < 1.29 is 4.79 Å². The van der Waals surface area contributed by atoms with Crippen LogP contribution in [0.3, 0.4) is 0 Å². The predicted octanol–water partition coefficient (Wildman–Crippen LogP) is 4.72. The molecule has 4 aromatic rings. The van der Waals surface area contributed by atoms with E-state index in [1.807, 2.05) is 48.5 Å². The molecule has 2 aromatic heterocycles. The minimum Gasteiger partial charge on any atom is -0.292 e. The second-order valence-electron chi connectivity index (χ2n) is 8.40. The molecule has 0 aliphatic carbocycles. The van der Waals surface area contributed by atoms with E-state index >= 15 is 0 Å². The van der Waals surface area contributed by atoms with Gasteiger partial charge in [-0.1, -0.05) is 75.6 Å². The van der Waals surface area contributed by atoms with Gasteiger partial charge >= 0.3 is 5.69 Å². The van der Waals surface area contributed by atoms with Crippen LogP contribution in [0.1, 0.15) is 62.0 Å². The third-order valence-electron chi connectivity index (χ3n) is 6.02. The van der Waals surface area contributed by atoms with E-state index < -0.39 is 0 Å². The smallest absolute Gasteiger partial charge is 0.292 e. The van der Waals surface area contributed by atoms with Crippen LogP contribution in [0.2, 0.25) is 0 Å². The van der Waals surface area contributed by atoms with Gasteiger partial charge in [0.25, 0.3) is 0 Å². The van der Waals surface area contributed by atoms with Crippen LogP contribution in [0, 0.1) is 0 Å². The van der Waals surface area contributed by atoms with Crippen LogP contribution in [0.4, 0.5) is 0 Å². The Kier molecular flexibility index (Phi) is 7.47. The van der Waals surface area contributed by atoms with Gasteiger partial charge in [0.05, 0.1) is 6.54 Å². The standard InChI is InChI=1S/C26H30N6O2/c1-3-5-6-10-13-21-18-32(24(33)4-2)26(34)31(21)17-19-14-15-22(20-11-8-7-9-12-20)23(16-19)25-27-29-30-28-25/h7-9,11-12,14-16,18H,3-6,10,13,17H2,1-2H3,(H,27,28,29,30). The summed E-state index contributed by atoms with van der Waals surface area (Å²) < 4.78 is 2.98. The van der Waals surface area contributed by atoms with Crippen molar-refractivity contribution in [2.45, 2.75) is 58.9 Å². The topological polar surface area (TPSA) is 98.5 Å². The molecule has 176 valence electrons. The zero-order valence-electron chi connectivity index (χ0n) is 19.7. The van der Waals surface area contributed by atoms with Crippen LogP contribution in [0.5, 0.6) is 0 Å². The number of carbonyl (C=O) groups excluding carboxylic acids is 1. The quantitative estimate of drug-likeness (QED) is 0.347. The van der Waals surface area contributed by atoms with Gasteiger partial charge < -0.3 is 0 Å². The summed E-state index contributed by atoms with van der Waals surface area (Å²) in [6.45, 7) is 4.31. The van der Waals surface area contributed by atoms with Crippen molar-refractivity contribution in [3.05, 3.63) is 76.5 Å². The monoisotopic (exact) mass is 458 g/mol. The van der Waals surface area contributed by atoms with Crippen molar-refractivity contribution in [2.24, 2.45) is 0 Å². The maximum atomic E-state index is 13.2. The van der Waals surface area contributed by atoms with Crippen molar-refractivity contribution in [3.63, 3.8) is 0 Å². The molecule has 1 N–H and O–H groups in total. The van der Waals surface area contributed by atoms with Crippen LogP contribution in [-0.2, 0) is 13.0 Å². The van der Waals surface area contributed by atoms with Gasteiger partial charge in [0.1, 0.15) is 0 Å². The summed E-state index contributed by atoms with van der Waals surface area (Å²) in [5.74, 6) is 0.303. The lowest BCUT2D eigenvalue weighted by Crippen LogP contribution is -2.29. The van der Waals surface area contributed by atoms with Gasteiger partial charge in [0, 0.05) is 23.9 Å². The molecule has 0 amide bonds. The largest absolute Gasteiger partial charge is 0.335 e. The molecule has 0 aliphatic rings. The molecular formula is C26H30N6O2. The van der Waals surface area contributed by atoms with Gasteiger partial charge in [0.2, 0.25) is 11.7 Å². The highest BCUT2D eigenvalue weighted by atomic mass is 16.2. The molecule has 4 rings (SSSR count). The van der Waals surface area contributed by atoms with Crippen molar-refractivity contribution in [1.82, 2.24) is 29.8 Å². The molecule has 0 fully saturated rings. The summed E-state index contributed by atoms with van der Waals surface area (Å²) >= 11 is 0. The van der Waals surface area contributed by atoms with Crippen LogP contribution in [0.25, 0.3) is 22.5 Å². The number of nitrogens with one attached hydrogen (secondary N) is 1. The van der Waals surface area contributed by atoms with E-state index in [1.165, 1.54) is 4.57 Å². The SMILES string of the molecule is CCCCCCc1cn(C(=O)CC)c(=O)n1Cc1ccc(-c2ccccc2)c(-c2nn[nH]n2)c1. The molecule has 34 heavy (non-hydrogen) atoms. The highest BCUT2D eigenvalue weighted by Gasteiger charge is 2.17. The number of aryl methyl sites for hydroxylation is 1. The van der Waals surface area contributed by atoms with E-state index in [2.05, 4.69) is 27.5 Å². The van der Waals surface area contributed by atoms with E-state index in [9.17, 15) is 9.59 Å². The fourth-order valence-corrected chi connectivity index (χ4v) is 4.18. The van der Waals surface area contributed by atoms with E-state index in [-0.39, 0.29) is 18.0 Å². The molecule has 0 atom stereocenters. The summed E-state index contributed by atoms with van der Waals surface area (Å²) in [7, 11) is 0. The lowest BCUT2D eigenvalue weighted by atomic mass is 9.97. The van der Waals surface area contributed by atoms with E-state index in [4.69, 9.17) is 0 Å². The van der Waals surface area contributed by atoms with Crippen molar-refractivity contribution in [2.75, 3.05) is 0 Å². The lowest BCUT2D eigenvalue weighted by molar-refractivity contribution is 0.0904. The second kappa shape index (κ2) is 10.9. The first-order valence-corrected chi connectivity index (χ1v) is 11.9. The third-order valence-corrected chi connectivity index (χ3v) is 6.02. The Balaban J connectivity index is 1.72. The average molecular weight is 459 g/mol. The summed E-state index contributed by atoms with van der Waals surface area (Å²) in [5, 5.41) is 14.6. The molecule has 0 saturated heterocycles.